The minimum absolute atomic E-state index is 0.299. The van der Waals surface area contributed by atoms with Gasteiger partial charge < -0.3 is 4.79 Å². The van der Waals surface area contributed by atoms with E-state index >= 15 is 0 Å². The zero-order chi connectivity index (χ0) is 8.88. The second kappa shape index (κ2) is 2.32. The minimum Gasteiger partial charge on any atom is -0.300 e. The van der Waals surface area contributed by atoms with Crippen molar-refractivity contribution in [3.63, 3.8) is 0 Å². The molecule has 0 amide bonds. The minimum atomic E-state index is 0.299. The van der Waals surface area contributed by atoms with Crippen LogP contribution in [0.4, 0.5) is 0 Å². The van der Waals surface area contributed by atoms with Crippen LogP contribution < -0.4 is 0 Å². The predicted octanol–water partition coefficient (Wildman–Crippen LogP) is 2.34. The number of Topliss-reactive ketones (excluding diaryl/α,β-unsaturated/α-hetero) is 1. The Morgan fingerprint density at radius 3 is 2.67 bits per heavy atom. The maximum atomic E-state index is 10.9. The Hall–Kier alpha value is -0.850. The fraction of sp³-hybridized carbons (Fsp3) is 0.545. The lowest BCUT2D eigenvalue weighted by atomic mass is 9.95. The van der Waals surface area contributed by atoms with Gasteiger partial charge in [-0.25, -0.2) is 0 Å². The molecule has 1 nitrogen and oxygen atoms in total. The van der Waals surface area contributed by atoms with Gasteiger partial charge in [0.1, 0.15) is 5.78 Å². The molecule has 2 saturated carbocycles. The molecule has 3 unspecified atom stereocenters. The van der Waals surface area contributed by atoms with Gasteiger partial charge in [-0.15, -0.1) is 0 Å². The van der Waals surface area contributed by atoms with E-state index < -0.39 is 0 Å². The van der Waals surface area contributed by atoms with Crippen LogP contribution in [0.1, 0.15) is 19.8 Å². The third-order valence-electron chi connectivity index (χ3n) is 3.10. The quantitative estimate of drug-likeness (QED) is 0.569. The Bertz CT molecular complexity index is 275. The van der Waals surface area contributed by atoms with Gasteiger partial charge in [-0.3, -0.25) is 0 Å². The van der Waals surface area contributed by atoms with E-state index in [0.717, 1.165) is 12.8 Å². The summed E-state index contributed by atoms with van der Waals surface area (Å²) in [4.78, 5) is 10.9. The maximum Gasteiger partial charge on any atom is 0.130 e. The number of carbonyl (C=O) groups excluding carboxylic acids is 1. The van der Waals surface area contributed by atoms with Gasteiger partial charge in [0.05, 0.1) is 0 Å². The van der Waals surface area contributed by atoms with Crippen LogP contribution >= 0.6 is 0 Å². The standard InChI is InChI=1S/C11H14O/c1-6-4-9(5-7(2)12)11-8(3)10(6)11/h9-11H,1,3-5H2,2H3. The molecule has 0 aromatic rings. The van der Waals surface area contributed by atoms with Crippen molar-refractivity contribution in [3.8, 4) is 0 Å². The maximum absolute atomic E-state index is 10.9. The Morgan fingerprint density at radius 2 is 2.25 bits per heavy atom. The molecule has 0 bridgehead atoms. The first kappa shape index (κ1) is 7.78. The summed E-state index contributed by atoms with van der Waals surface area (Å²) in [5, 5.41) is 0. The molecule has 2 aliphatic carbocycles. The van der Waals surface area contributed by atoms with E-state index in [9.17, 15) is 4.79 Å². The zero-order valence-corrected chi connectivity index (χ0v) is 7.47. The molecule has 0 aromatic carbocycles. The molecule has 2 rings (SSSR count). The van der Waals surface area contributed by atoms with Gasteiger partial charge in [0.25, 0.3) is 0 Å². The molecule has 0 aromatic heterocycles. The third-order valence-corrected chi connectivity index (χ3v) is 3.10. The lowest BCUT2D eigenvalue weighted by Gasteiger charge is -2.08. The molecule has 0 spiro atoms. The molecule has 2 aliphatic rings. The average molecular weight is 162 g/mol. The SMILES string of the molecule is C=C1CC(CC(C)=O)C2C(=C)C12. The Balaban J connectivity index is 2.06. The summed E-state index contributed by atoms with van der Waals surface area (Å²) in [6.45, 7) is 9.67. The van der Waals surface area contributed by atoms with Gasteiger partial charge in [0, 0.05) is 12.3 Å². The molecule has 2 fully saturated rings. The molecular weight excluding hydrogens is 148 g/mol. The van der Waals surface area contributed by atoms with Crippen molar-refractivity contribution in [2.75, 3.05) is 0 Å². The van der Waals surface area contributed by atoms with E-state index in [1.54, 1.807) is 6.92 Å². The van der Waals surface area contributed by atoms with Crippen molar-refractivity contribution < 1.29 is 4.79 Å². The first-order chi connectivity index (χ1) is 5.61. The van der Waals surface area contributed by atoms with E-state index in [1.807, 2.05) is 0 Å². The van der Waals surface area contributed by atoms with Crippen molar-refractivity contribution in [1.82, 2.24) is 0 Å². The zero-order valence-electron chi connectivity index (χ0n) is 7.47. The van der Waals surface area contributed by atoms with Crippen LogP contribution in [0.25, 0.3) is 0 Å². The highest BCUT2D eigenvalue weighted by Crippen LogP contribution is 2.62. The van der Waals surface area contributed by atoms with Gasteiger partial charge in [-0.2, -0.15) is 0 Å². The smallest absolute Gasteiger partial charge is 0.130 e. The second-order valence-corrected chi connectivity index (χ2v) is 4.11. The van der Waals surface area contributed by atoms with Crippen LogP contribution in [0.2, 0.25) is 0 Å². The van der Waals surface area contributed by atoms with Gasteiger partial charge in [0.15, 0.2) is 0 Å². The molecule has 64 valence electrons. The summed E-state index contributed by atoms with van der Waals surface area (Å²) in [7, 11) is 0. The van der Waals surface area contributed by atoms with Crippen LogP contribution in [-0.2, 0) is 4.79 Å². The van der Waals surface area contributed by atoms with Crippen molar-refractivity contribution in [2.24, 2.45) is 17.8 Å². The van der Waals surface area contributed by atoms with Gasteiger partial charge in [0.2, 0.25) is 0 Å². The van der Waals surface area contributed by atoms with Crippen molar-refractivity contribution >= 4 is 5.78 Å². The summed E-state index contributed by atoms with van der Waals surface area (Å²) in [5.74, 6) is 2.02. The number of rotatable bonds is 2. The Kier molecular flexibility index (Phi) is 1.50. The average Bonchev–Trinajstić information content (AvgIpc) is 2.47. The van der Waals surface area contributed by atoms with Crippen molar-refractivity contribution in [2.45, 2.75) is 19.8 Å². The highest BCUT2D eigenvalue weighted by Gasteiger charge is 2.54. The fourth-order valence-corrected chi connectivity index (χ4v) is 2.59. The summed E-state index contributed by atoms with van der Waals surface area (Å²) >= 11 is 0. The number of ketones is 1. The van der Waals surface area contributed by atoms with Gasteiger partial charge in [-0.1, -0.05) is 24.3 Å². The van der Waals surface area contributed by atoms with E-state index in [4.69, 9.17) is 0 Å². The number of hydrogen-bond acceptors (Lipinski definition) is 1. The largest absolute Gasteiger partial charge is 0.300 e. The van der Waals surface area contributed by atoms with Crippen LogP contribution in [0.5, 0.6) is 0 Å². The van der Waals surface area contributed by atoms with E-state index in [-0.39, 0.29) is 0 Å². The molecule has 1 heteroatoms. The number of allylic oxidation sites excluding steroid dienone is 2. The summed E-state index contributed by atoms with van der Waals surface area (Å²) in [6.07, 6.45) is 1.77. The van der Waals surface area contributed by atoms with Crippen molar-refractivity contribution in [1.29, 1.82) is 0 Å². The normalized spacial score (nSPS) is 38.2. The topological polar surface area (TPSA) is 17.1 Å². The van der Waals surface area contributed by atoms with E-state index in [0.29, 0.717) is 23.5 Å². The highest BCUT2D eigenvalue weighted by molar-refractivity contribution is 5.76. The van der Waals surface area contributed by atoms with Crippen LogP contribution in [0.15, 0.2) is 24.3 Å². The lowest BCUT2D eigenvalue weighted by Crippen LogP contribution is -2.05. The van der Waals surface area contributed by atoms with E-state index in [1.165, 1.54) is 11.1 Å². The first-order valence-corrected chi connectivity index (χ1v) is 4.47. The fourth-order valence-electron chi connectivity index (χ4n) is 2.59. The van der Waals surface area contributed by atoms with E-state index in [2.05, 4.69) is 13.2 Å². The second-order valence-electron chi connectivity index (χ2n) is 4.11. The Labute approximate surface area is 73.2 Å². The van der Waals surface area contributed by atoms with Crippen LogP contribution in [0, 0.1) is 17.8 Å². The van der Waals surface area contributed by atoms with Crippen LogP contribution in [0.3, 0.4) is 0 Å². The van der Waals surface area contributed by atoms with Gasteiger partial charge >= 0.3 is 0 Å². The molecule has 0 N–H and O–H groups in total. The molecule has 12 heavy (non-hydrogen) atoms. The number of carbonyl (C=O) groups is 1. The lowest BCUT2D eigenvalue weighted by molar-refractivity contribution is -0.117. The molecule has 0 saturated heterocycles. The van der Waals surface area contributed by atoms with Crippen molar-refractivity contribution in [3.05, 3.63) is 24.3 Å². The molecule has 0 aliphatic heterocycles. The summed E-state index contributed by atoms with van der Waals surface area (Å²) in [6, 6.07) is 0. The molecule has 3 atom stereocenters. The molecule has 0 radical (unpaired) electrons. The third kappa shape index (κ3) is 0.961. The number of hydrogen-bond donors (Lipinski definition) is 0. The molecular formula is C11H14O. The molecule has 0 heterocycles. The highest BCUT2D eigenvalue weighted by atomic mass is 16.1. The van der Waals surface area contributed by atoms with Gasteiger partial charge in [-0.05, 0) is 25.2 Å². The Morgan fingerprint density at radius 1 is 1.58 bits per heavy atom. The number of fused-ring (bicyclic) bond motifs is 1. The predicted molar refractivity (Wildman–Crippen MR) is 48.7 cm³/mol. The summed E-state index contributed by atoms with van der Waals surface area (Å²) < 4.78 is 0. The monoisotopic (exact) mass is 162 g/mol. The summed E-state index contributed by atoms with van der Waals surface area (Å²) in [5.41, 5.74) is 2.62. The first-order valence-electron chi connectivity index (χ1n) is 4.47. The van der Waals surface area contributed by atoms with Crippen LogP contribution in [-0.4, -0.2) is 5.78 Å².